The predicted octanol–water partition coefficient (Wildman–Crippen LogP) is 4.14. The summed E-state index contributed by atoms with van der Waals surface area (Å²) in [4.78, 5) is 26.6. The molecule has 0 unspecified atom stereocenters. The molecule has 162 valence electrons. The molecule has 1 aliphatic heterocycles. The summed E-state index contributed by atoms with van der Waals surface area (Å²) < 4.78 is 16.3. The Labute approximate surface area is 182 Å². The van der Waals surface area contributed by atoms with Crippen LogP contribution in [0.5, 0.6) is 5.75 Å². The van der Waals surface area contributed by atoms with Crippen molar-refractivity contribution in [3.05, 3.63) is 64.7 Å². The molecule has 0 aliphatic carbocycles. The molecule has 1 aliphatic rings. The monoisotopic (exact) mass is 422 g/mol. The first kappa shape index (κ1) is 22.2. The highest BCUT2D eigenvalue weighted by atomic mass is 16.6. The molecule has 0 saturated carbocycles. The van der Waals surface area contributed by atoms with Crippen LogP contribution in [0.1, 0.15) is 49.1 Å². The van der Waals surface area contributed by atoms with Crippen molar-refractivity contribution < 1.29 is 23.8 Å². The van der Waals surface area contributed by atoms with Gasteiger partial charge in [0.2, 0.25) is 0 Å². The van der Waals surface area contributed by atoms with Crippen LogP contribution in [-0.2, 0) is 27.3 Å². The Morgan fingerprint density at radius 1 is 1.16 bits per heavy atom. The second-order valence-electron chi connectivity index (χ2n) is 8.31. The van der Waals surface area contributed by atoms with Crippen LogP contribution < -0.4 is 4.74 Å². The van der Waals surface area contributed by atoms with E-state index in [9.17, 15) is 9.59 Å². The molecule has 7 nitrogen and oxygen atoms in total. The van der Waals surface area contributed by atoms with Crippen LogP contribution in [0.15, 0.2) is 42.5 Å². The average Bonchev–Trinajstić information content (AvgIpc) is 2.75. The van der Waals surface area contributed by atoms with Gasteiger partial charge in [-0.3, -0.25) is 4.90 Å². The molecule has 1 atom stereocenters. The maximum Gasteiger partial charge on any atom is 0.411 e. The molecule has 3 rings (SSSR count). The molecular formula is C24H26N2O5. The van der Waals surface area contributed by atoms with Gasteiger partial charge < -0.3 is 14.2 Å². The smallest absolute Gasteiger partial charge is 0.411 e. The van der Waals surface area contributed by atoms with Crippen LogP contribution in [0.4, 0.5) is 4.79 Å². The van der Waals surface area contributed by atoms with Crippen molar-refractivity contribution >= 4 is 12.1 Å². The number of fused-ring (bicyclic) bond motifs is 1. The number of carbonyl (C=O) groups excluding carboxylic acids is 2. The Bertz CT molecular complexity index is 1000. The van der Waals surface area contributed by atoms with Gasteiger partial charge in [0, 0.05) is 6.54 Å². The molecule has 0 spiro atoms. The Morgan fingerprint density at radius 2 is 1.87 bits per heavy atom. The van der Waals surface area contributed by atoms with Crippen molar-refractivity contribution in [1.82, 2.24) is 4.90 Å². The van der Waals surface area contributed by atoms with Crippen molar-refractivity contribution in [3.63, 3.8) is 0 Å². The minimum Gasteiger partial charge on any atom is -0.489 e. The molecule has 1 heterocycles. The lowest BCUT2D eigenvalue weighted by molar-refractivity contribution is -0.147. The number of nitriles is 1. The molecular weight excluding hydrogens is 396 g/mol. The van der Waals surface area contributed by atoms with E-state index in [0.717, 1.165) is 11.1 Å². The van der Waals surface area contributed by atoms with E-state index in [1.54, 1.807) is 45.0 Å². The lowest BCUT2D eigenvalue weighted by atomic mass is 9.92. The van der Waals surface area contributed by atoms with E-state index in [1.165, 1.54) is 12.0 Å². The van der Waals surface area contributed by atoms with E-state index in [-0.39, 0.29) is 0 Å². The normalized spacial score (nSPS) is 15.5. The van der Waals surface area contributed by atoms with E-state index in [0.29, 0.717) is 36.4 Å². The van der Waals surface area contributed by atoms with Gasteiger partial charge in [-0.05, 0) is 68.1 Å². The van der Waals surface area contributed by atoms with Crippen LogP contribution >= 0.6 is 0 Å². The molecule has 31 heavy (non-hydrogen) atoms. The molecule has 0 fully saturated rings. The number of benzene rings is 2. The number of hydrogen-bond donors (Lipinski definition) is 0. The molecule has 0 bridgehead atoms. The summed E-state index contributed by atoms with van der Waals surface area (Å²) in [7, 11) is 1.30. The van der Waals surface area contributed by atoms with Crippen molar-refractivity contribution in [2.24, 2.45) is 0 Å². The molecule has 7 heteroatoms. The van der Waals surface area contributed by atoms with E-state index >= 15 is 0 Å². The average molecular weight is 422 g/mol. The van der Waals surface area contributed by atoms with Crippen molar-refractivity contribution in [2.75, 3.05) is 13.7 Å². The fourth-order valence-electron chi connectivity index (χ4n) is 3.42. The second-order valence-corrected chi connectivity index (χ2v) is 8.31. The van der Waals surface area contributed by atoms with Gasteiger partial charge in [-0.15, -0.1) is 0 Å². The summed E-state index contributed by atoms with van der Waals surface area (Å²) >= 11 is 0. The highest BCUT2D eigenvalue weighted by Crippen LogP contribution is 2.34. The van der Waals surface area contributed by atoms with Gasteiger partial charge in [0.15, 0.2) is 6.04 Å². The molecule has 2 aromatic carbocycles. The third kappa shape index (κ3) is 5.34. The maximum atomic E-state index is 12.7. The zero-order valence-electron chi connectivity index (χ0n) is 18.2. The van der Waals surface area contributed by atoms with E-state index in [1.807, 2.05) is 18.2 Å². The quantitative estimate of drug-likeness (QED) is 0.688. The van der Waals surface area contributed by atoms with Crippen LogP contribution in [0.2, 0.25) is 0 Å². The third-order valence-corrected chi connectivity index (χ3v) is 4.88. The summed E-state index contributed by atoms with van der Waals surface area (Å²) in [5.74, 6) is 0.149. The van der Waals surface area contributed by atoms with Crippen LogP contribution in [0, 0.1) is 11.3 Å². The fraction of sp³-hybridized carbons (Fsp3) is 0.375. The minimum absolute atomic E-state index is 0.334. The van der Waals surface area contributed by atoms with Gasteiger partial charge in [0.25, 0.3) is 0 Å². The fourth-order valence-corrected chi connectivity index (χ4v) is 3.42. The summed E-state index contributed by atoms with van der Waals surface area (Å²) in [6.45, 7) is 6.05. The first-order chi connectivity index (χ1) is 14.7. The van der Waals surface area contributed by atoms with Gasteiger partial charge in [-0.25, -0.2) is 9.59 Å². The van der Waals surface area contributed by atoms with Crippen LogP contribution in [-0.4, -0.2) is 36.2 Å². The molecule has 0 saturated heterocycles. The Morgan fingerprint density at radius 3 is 2.48 bits per heavy atom. The number of hydrogen-bond acceptors (Lipinski definition) is 6. The predicted molar refractivity (Wildman–Crippen MR) is 113 cm³/mol. The van der Waals surface area contributed by atoms with Gasteiger partial charge in [0.05, 0.1) is 18.7 Å². The standard InChI is InChI=1S/C24H26N2O5/c1-24(2,3)31-23(28)26-12-11-18-13-19(9-10-20(18)21(26)22(27)29-4)30-15-17-7-5-16(14-25)6-8-17/h5-10,13,21H,11-12,15H2,1-4H3/t21-/m1/s1. The van der Waals surface area contributed by atoms with Crippen molar-refractivity contribution in [3.8, 4) is 11.8 Å². The minimum atomic E-state index is -0.865. The Balaban J connectivity index is 1.79. The topological polar surface area (TPSA) is 88.9 Å². The van der Waals surface area contributed by atoms with Crippen molar-refractivity contribution in [2.45, 2.75) is 45.4 Å². The Hall–Kier alpha value is -3.53. The van der Waals surface area contributed by atoms with Gasteiger partial charge >= 0.3 is 12.1 Å². The maximum absolute atomic E-state index is 12.7. The summed E-state index contributed by atoms with van der Waals surface area (Å²) in [6.07, 6.45) is 0.0190. The van der Waals surface area contributed by atoms with Crippen LogP contribution in [0.25, 0.3) is 0 Å². The van der Waals surface area contributed by atoms with Gasteiger partial charge in [0.1, 0.15) is 18.0 Å². The molecule has 2 aromatic rings. The molecule has 0 N–H and O–H groups in total. The molecule has 0 radical (unpaired) electrons. The van der Waals surface area contributed by atoms with E-state index in [2.05, 4.69) is 6.07 Å². The highest BCUT2D eigenvalue weighted by molar-refractivity contribution is 5.84. The van der Waals surface area contributed by atoms with Crippen LogP contribution in [0.3, 0.4) is 0 Å². The zero-order chi connectivity index (χ0) is 22.6. The summed E-state index contributed by atoms with van der Waals surface area (Å²) in [5.41, 5.74) is 2.50. The first-order valence-corrected chi connectivity index (χ1v) is 10.0. The first-order valence-electron chi connectivity index (χ1n) is 10.0. The number of nitrogens with zero attached hydrogens (tertiary/aromatic N) is 2. The lowest BCUT2D eigenvalue weighted by Gasteiger charge is -2.36. The van der Waals surface area contributed by atoms with Crippen molar-refractivity contribution in [1.29, 1.82) is 5.26 Å². The third-order valence-electron chi connectivity index (χ3n) is 4.88. The number of esters is 1. The number of methoxy groups -OCH3 is 1. The number of carbonyl (C=O) groups is 2. The number of ether oxygens (including phenoxy) is 3. The van der Waals surface area contributed by atoms with Gasteiger partial charge in [-0.1, -0.05) is 18.2 Å². The highest BCUT2D eigenvalue weighted by Gasteiger charge is 2.39. The zero-order valence-corrected chi connectivity index (χ0v) is 18.2. The van der Waals surface area contributed by atoms with E-state index in [4.69, 9.17) is 19.5 Å². The molecule has 0 aromatic heterocycles. The van der Waals surface area contributed by atoms with E-state index < -0.39 is 23.7 Å². The number of rotatable bonds is 4. The SMILES string of the molecule is COC(=O)[C@H]1c2ccc(OCc3ccc(C#N)cc3)cc2CCN1C(=O)OC(C)(C)C. The van der Waals surface area contributed by atoms with Gasteiger partial charge in [-0.2, -0.15) is 5.26 Å². The lowest BCUT2D eigenvalue weighted by Crippen LogP contribution is -2.46. The summed E-state index contributed by atoms with van der Waals surface area (Å²) in [6, 6.07) is 13.9. The Kier molecular flexibility index (Phi) is 6.50. The largest absolute Gasteiger partial charge is 0.489 e. The summed E-state index contributed by atoms with van der Waals surface area (Å²) in [5, 5.41) is 8.89. The second kappa shape index (κ2) is 9.09. The number of amides is 1. The molecule has 1 amide bonds.